The largest absolute Gasteiger partial charge is 0.441 e. The van der Waals surface area contributed by atoms with Gasteiger partial charge in [0.2, 0.25) is 0 Å². The lowest BCUT2D eigenvalue weighted by atomic mass is 9.91. The quantitative estimate of drug-likeness (QED) is 0.713. The van der Waals surface area contributed by atoms with Crippen LogP contribution in [0.1, 0.15) is 30.9 Å². The Hall–Kier alpha value is -2.14. The van der Waals surface area contributed by atoms with Gasteiger partial charge in [-0.2, -0.15) is 5.26 Å². The van der Waals surface area contributed by atoms with Crippen LogP contribution < -0.4 is 0 Å². The second kappa shape index (κ2) is 9.34. The first-order chi connectivity index (χ1) is 14.6. The van der Waals surface area contributed by atoms with E-state index >= 15 is 0 Å². The van der Waals surface area contributed by atoms with Crippen molar-refractivity contribution in [2.75, 3.05) is 65.4 Å². The van der Waals surface area contributed by atoms with E-state index in [0.717, 1.165) is 89.4 Å². The molecule has 30 heavy (non-hydrogen) atoms. The number of piperidine rings is 1. The van der Waals surface area contributed by atoms with E-state index in [1.807, 2.05) is 29.2 Å². The Kier molecular flexibility index (Phi) is 6.57. The fraction of sp³-hybridized carbons (Fsp3) is 0.652. The third-order valence-corrected chi connectivity index (χ3v) is 6.94. The molecule has 1 amide bonds. The maximum absolute atomic E-state index is 12.5. The van der Waals surface area contributed by atoms with Crippen LogP contribution in [0.4, 0.5) is 4.79 Å². The van der Waals surface area contributed by atoms with E-state index in [1.54, 1.807) is 0 Å². The summed E-state index contributed by atoms with van der Waals surface area (Å²) in [6.07, 6.45) is 1.57. The second-order valence-corrected chi connectivity index (χ2v) is 8.79. The van der Waals surface area contributed by atoms with E-state index in [4.69, 9.17) is 4.74 Å². The molecule has 0 bridgehead atoms. The van der Waals surface area contributed by atoms with Crippen LogP contribution in [0.5, 0.6) is 0 Å². The highest BCUT2D eigenvalue weighted by Gasteiger charge is 2.46. The molecule has 0 aliphatic carbocycles. The minimum absolute atomic E-state index is 0.148. The number of carbonyl (C=O) groups excluding carboxylic acids is 1. The summed E-state index contributed by atoms with van der Waals surface area (Å²) < 4.78 is 5.90. The molecule has 3 heterocycles. The van der Waals surface area contributed by atoms with E-state index in [9.17, 15) is 10.1 Å². The van der Waals surface area contributed by atoms with Gasteiger partial charge in [0.05, 0.1) is 18.2 Å². The third-order valence-electron chi connectivity index (χ3n) is 6.94. The molecule has 162 valence electrons. The Morgan fingerprint density at radius 2 is 1.70 bits per heavy atom. The molecule has 4 rings (SSSR count). The summed E-state index contributed by atoms with van der Waals surface area (Å²) in [7, 11) is 0. The van der Waals surface area contributed by atoms with Gasteiger partial charge in [0.25, 0.3) is 0 Å². The zero-order valence-electron chi connectivity index (χ0n) is 18.1. The first-order valence-corrected chi connectivity index (χ1v) is 11.2. The molecular weight excluding hydrogens is 378 g/mol. The maximum atomic E-state index is 12.5. The molecule has 3 fully saturated rings. The third kappa shape index (κ3) is 4.77. The van der Waals surface area contributed by atoms with Crippen molar-refractivity contribution in [3.05, 3.63) is 35.4 Å². The van der Waals surface area contributed by atoms with Gasteiger partial charge in [-0.25, -0.2) is 4.79 Å². The van der Waals surface area contributed by atoms with Gasteiger partial charge in [0.15, 0.2) is 0 Å². The van der Waals surface area contributed by atoms with Crippen LogP contribution >= 0.6 is 0 Å². The minimum atomic E-state index is -0.330. The van der Waals surface area contributed by atoms with Gasteiger partial charge in [-0.15, -0.1) is 0 Å². The molecular formula is C23H33N5O2. The van der Waals surface area contributed by atoms with E-state index in [2.05, 4.69) is 27.7 Å². The monoisotopic (exact) mass is 411 g/mol. The molecule has 3 aliphatic rings. The van der Waals surface area contributed by atoms with Gasteiger partial charge < -0.3 is 14.5 Å². The first-order valence-electron chi connectivity index (χ1n) is 11.2. The number of likely N-dealkylation sites (tertiary alicyclic amines) is 1. The Labute approximate surface area is 179 Å². The number of nitriles is 1. The normalized spacial score (nSPS) is 22.9. The van der Waals surface area contributed by atoms with Crippen LogP contribution in [0.25, 0.3) is 0 Å². The van der Waals surface area contributed by atoms with E-state index in [-0.39, 0.29) is 11.7 Å². The summed E-state index contributed by atoms with van der Waals surface area (Å²) in [5, 5.41) is 9.31. The average molecular weight is 412 g/mol. The Morgan fingerprint density at radius 1 is 1.00 bits per heavy atom. The summed E-state index contributed by atoms with van der Waals surface area (Å²) in [6, 6.07) is 10.1. The molecule has 1 spiro atoms. The van der Waals surface area contributed by atoms with Crippen molar-refractivity contribution in [2.24, 2.45) is 0 Å². The molecule has 1 aromatic rings. The van der Waals surface area contributed by atoms with Crippen molar-refractivity contribution >= 4 is 6.09 Å². The van der Waals surface area contributed by atoms with Crippen molar-refractivity contribution in [3.8, 4) is 6.07 Å². The van der Waals surface area contributed by atoms with Crippen LogP contribution in [0.3, 0.4) is 0 Å². The summed E-state index contributed by atoms with van der Waals surface area (Å²) in [6.45, 7) is 12.7. The molecule has 7 nitrogen and oxygen atoms in total. The standard InChI is InChI=1S/C23H33N5O2/c1-2-25-11-13-26(14-12-25)15-16-28-19-23(30-22(28)29)7-9-27(10-8-23)18-21-6-4-3-5-20(21)17-24/h3-6H,2,7-16,18-19H2,1H3. The molecule has 7 heteroatoms. The van der Waals surface area contributed by atoms with Gasteiger partial charge in [0.1, 0.15) is 5.60 Å². The molecule has 0 saturated carbocycles. The van der Waals surface area contributed by atoms with Gasteiger partial charge in [-0.3, -0.25) is 9.80 Å². The Morgan fingerprint density at radius 3 is 2.40 bits per heavy atom. The average Bonchev–Trinajstić information content (AvgIpc) is 3.09. The number of rotatable bonds is 6. The smallest absolute Gasteiger partial charge is 0.410 e. The number of benzene rings is 1. The number of hydrogen-bond acceptors (Lipinski definition) is 6. The summed E-state index contributed by atoms with van der Waals surface area (Å²) in [4.78, 5) is 21.7. The van der Waals surface area contributed by atoms with Crippen LogP contribution in [0.2, 0.25) is 0 Å². The van der Waals surface area contributed by atoms with Crippen LogP contribution in [0.15, 0.2) is 24.3 Å². The lowest BCUT2D eigenvalue weighted by Gasteiger charge is -2.37. The van der Waals surface area contributed by atoms with Crippen LogP contribution in [0, 0.1) is 11.3 Å². The number of hydrogen-bond donors (Lipinski definition) is 0. The van der Waals surface area contributed by atoms with Gasteiger partial charge in [0, 0.05) is 71.7 Å². The van der Waals surface area contributed by atoms with Gasteiger partial charge >= 0.3 is 6.09 Å². The van der Waals surface area contributed by atoms with Crippen LogP contribution in [-0.2, 0) is 11.3 Å². The Balaban J connectivity index is 1.25. The minimum Gasteiger partial charge on any atom is -0.441 e. The molecule has 0 aromatic heterocycles. The highest BCUT2D eigenvalue weighted by Crippen LogP contribution is 2.33. The maximum Gasteiger partial charge on any atom is 0.410 e. The predicted octanol–water partition coefficient (Wildman–Crippen LogP) is 1.98. The van der Waals surface area contributed by atoms with Crippen molar-refractivity contribution in [1.82, 2.24) is 19.6 Å². The highest BCUT2D eigenvalue weighted by atomic mass is 16.6. The first kappa shape index (κ1) is 21.1. The highest BCUT2D eigenvalue weighted by molar-refractivity contribution is 5.70. The van der Waals surface area contributed by atoms with Crippen LogP contribution in [-0.4, -0.2) is 96.7 Å². The number of amides is 1. The van der Waals surface area contributed by atoms with Crippen molar-refractivity contribution < 1.29 is 9.53 Å². The summed E-state index contributed by atoms with van der Waals surface area (Å²) >= 11 is 0. The van der Waals surface area contributed by atoms with Gasteiger partial charge in [-0.1, -0.05) is 25.1 Å². The zero-order chi connectivity index (χ0) is 21.0. The SMILES string of the molecule is CCN1CCN(CCN2CC3(CCN(Cc4ccccc4C#N)CC3)OC2=O)CC1. The second-order valence-electron chi connectivity index (χ2n) is 8.79. The zero-order valence-corrected chi connectivity index (χ0v) is 18.1. The summed E-state index contributed by atoms with van der Waals surface area (Å²) in [5.41, 5.74) is 1.49. The number of nitrogens with zero attached hydrogens (tertiary/aromatic N) is 5. The summed E-state index contributed by atoms with van der Waals surface area (Å²) in [5.74, 6) is 0. The molecule has 0 N–H and O–H groups in total. The predicted molar refractivity (Wildman–Crippen MR) is 115 cm³/mol. The number of carbonyl (C=O) groups is 1. The molecule has 0 unspecified atom stereocenters. The number of piperazine rings is 1. The number of ether oxygens (including phenoxy) is 1. The molecule has 3 saturated heterocycles. The molecule has 0 radical (unpaired) electrons. The number of likely N-dealkylation sites (N-methyl/N-ethyl adjacent to an activating group) is 1. The van der Waals surface area contributed by atoms with E-state index in [1.165, 1.54) is 0 Å². The van der Waals surface area contributed by atoms with Crippen molar-refractivity contribution in [2.45, 2.75) is 31.9 Å². The molecule has 0 atom stereocenters. The van der Waals surface area contributed by atoms with Crippen molar-refractivity contribution in [3.63, 3.8) is 0 Å². The van der Waals surface area contributed by atoms with E-state index < -0.39 is 0 Å². The lowest BCUT2D eigenvalue weighted by Crippen LogP contribution is -2.49. The molecule has 1 aromatic carbocycles. The fourth-order valence-electron chi connectivity index (χ4n) is 4.84. The topological polar surface area (TPSA) is 63.1 Å². The van der Waals surface area contributed by atoms with E-state index in [0.29, 0.717) is 6.54 Å². The van der Waals surface area contributed by atoms with Gasteiger partial charge in [-0.05, 0) is 18.2 Å². The molecule has 3 aliphatic heterocycles. The Bertz CT molecular complexity index is 776. The fourth-order valence-corrected chi connectivity index (χ4v) is 4.84. The van der Waals surface area contributed by atoms with Crippen molar-refractivity contribution in [1.29, 1.82) is 5.26 Å². The lowest BCUT2D eigenvalue weighted by molar-refractivity contribution is -0.00127.